The molecule has 0 spiro atoms. The first-order chi connectivity index (χ1) is 10.2. The molecule has 0 aromatic heterocycles. The maximum atomic E-state index is 4.17. The summed E-state index contributed by atoms with van der Waals surface area (Å²) in [6.07, 6.45) is 5.68. The quantitative estimate of drug-likeness (QED) is 0.575. The van der Waals surface area contributed by atoms with Crippen LogP contribution in [0.15, 0.2) is 54.6 Å². The predicted octanol–water partition coefficient (Wildman–Crippen LogP) is 5.55. The zero-order chi connectivity index (χ0) is 15.5. The SMILES string of the molecule is C=CSC(CCC(=C)NC(C)CCC)Cc1ccccc1. The van der Waals surface area contributed by atoms with E-state index in [1.807, 2.05) is 17.2 Å². The van der Waals surface area contributed by atoms with Gasteiger partial charge in [0.2, 0.25) is 0 Å². The van der Waals surface area contributed by atoms with E-state index in [1.54, 1.807) is 0 Å². The summed E-state index contributed by atoms with van der Waals surface area (Å²) >= 11 is 1.84. The largest absolute Gasteiger partial charge is 0.386 e. The Kier molecular flexibility index (Phi) is 9.00. The molecular weight excluding hydrogens is 274 g/mol. The molecule has 0 heterocycles. The van der Waals surface area contributed by atoms with Crippen LogP contribution in [0, 0.1) is 0 Å². The molecule has 2 atom stereocenters. The van der Waals surface area contributed by atoms with Crippen LogP contribution in [0.4, 0.5) is 0 Å². The molecule has 2 heteroatoms. The van der Waals surface area contributed by atoms with Crippen LogP contribution in [0.2, 0.25) is 0 Å². The standard InChI is InChI=1S/C19H29NS/c1-5-10-16(3)20-17(4)13-14-19(21-6-2)15-18-11-8-7-9-12-18/h6-9,11-12,16,19-20H,2,4-5,10,13-15H2,1,3H3. The highest BCUT2D eigenvalue weighted by Gasteiger charge is 2.10. The van der Waals surface area contributed by atoms with E-state index in [9.17, 15) is 0 Å². The van der Waals surface area contributed by atoms with E-state index in [0.29, 0.717) is 11.3 Å². The third-order valence-electron chi connectivity index (χ3n) is 3.54. The van der Waals surface area contributed by atoms with Crippen molar-refractivity contribution in [2.45, 2.75) is 57.2 Å². The normalized spacial score (nSPS) is 13.4. The summed E-state index contributed by atoms with van der Waals surface area (Å²) in [6.45, 7) is 12.5. The Hall–Kier alpha value is -1.15. The lowest BCUT2D eigenvalue weighted by molar-refractivity contribution is 0.542. The summed E-state index contributed by atoms with van der Waals surface area (Å²) in [5, 5.41) is 6.05. The third-order valence-corrected chi connectivity index (χ3v) is 4.51. The van der Waals surface area contributed by atoms with E-state index in [2.05, 4.69) is 62.7 Å². The molecule has 1 nitrogen and oxygen atoms in total. The second-order valence-corrected chi connectivity index (χ2v) is 6.86. The maximum absolute atomic E-state index is 4.17. The molecule has 116 valence electrons. The Labute approximate surface area is 134 Å². The van der Waals surface area contributed by atoms with Crippen molar-refractivity contribution in [3.63, 3.8) is 0 Å². The molecule has 0 amide bonds. The van der Waals surface area contributed by atoms with Crippen molar-refractivity contribution >= 4 is 11.8 Å². The lowest BCUT2D eigenvalue weighted by Gasteiger charge is -2.19. The smallest absolute Gasteiger partial charge is 0.0229 e. The summed E-state index contributed by atoms with van der Waals surface area (Å²) in [7, 11) is 0. The van der Waals surface area contributed by atoms with E-state index in [1.165, 1.54) is 24.1 Å². The van der Waals surface area contributed by atoms with Gasteiger partial charge >= 0.3 is 0 Å². The summed E-state index contributed by atoms with van der Waals surface area (Å²) in [6, 6.07) is 11.2. The van der Waals surface area contributed by atoms with Gasteiger partial charge in [-0.15, -0.1) is 11.8 Å². The zero-order valence-electron chi connectivity index (χ0n) is 13.5. The van der Waals surface area contributed by atoms with Crippen LogP contribution < -0.4 is 5.32 Å². The van der Waals surface area contributed by atoms with Gasteiger partial charge in [0.1, 0.15) is 0 Å². The first kappa shape index (κ1) is 17.9. The topological polar surface area (TPSA) is 12.0 Å². The van der Waals surface area contributed by atoms with Crippen LogP contribution in [0.1, 0.15) is 45.1 Å². The van der Waals surface area contributed by atoms with Gasteiger partial charge in [0.25, 0.3) is 0 Å². The predicted molar refractivity (Wildman–Crippen MR) is 97.6 cm³/mol. The van der Waals surface area contributed by atoms with Crippen LogP contribution >= 0.6 is 11.8 Å². The second kappa shape index (κ2) is 10.6. The van der Waals surface area contributed by atoms with Crippen molar-refractivity contribution < 1.29 is 0 Å². The summed E-state index contributed by atoms with van der Waals surface area (Å²) in [5.74, 6) is 0. The maximum Gasteiger partial charge on any atom is 0.0229 e. The number of hydrogen-bond acceptors (Lipinski definition) is 2. The molecule has 0 saturated carbocycles. The molecule has 1 aromatic rings. The average Bonchev–Trinajstić information content (AvgIpc) is 2.46. The molecule has 0 saturated heterocycles. The number of hydrogen-bond donors (Lipinski definition) is 1. The molecule has 0 radical (unpaired) electrons. The Morgan fingerprint density at radius 3 is 2.62 bits per heavy atom. The van der Waals surface area contributed by atoms with Gasteiger partial charge in [-0.1, -0.05) is 56.8 Å². The van der Waals surface area contributed by atoms with E-state index < -0.39 is 0 Å². The van der Waals surface area contributed by atoms with E-state index >= 15 is 0 Å². The number of benzene rings is 1. The average molecular weight is 304 g/mol. The molecule has 1 N–H and O–H groups in total. The fraction of sp³-hybridized carbons (Fsp3) is 0.474. The lowest BCUT2D eigenvalue weighted by Crippen LogP contribution is -2.25. The molecular formula is C19H29NS. The third kappa shape index (κ3) is 8.01. The van der Waals surface area contributed by atoms with Gasteiger partial charge in [-0.05, 0) is 43.6 Å². The first-order valence-corrected chi connectivity index (χ1v) is 8.84. The van der Waals surface area contributed by atoms with E-state index in [-0.39, 0.29) is 0 Å². The Balaban J connectivity index is 2.40. The molecule has 1 rings (SSSR count). The van der Waals surface area contributed by atoms with Gasteiger partial charge < -0.3 is 5.32 Å². The van der Waals surface area contributed by atoms with E-state index in [0.717, 1.165) is 19.3 Å². The van der Waals surface area contributed by atoms with Gasteiger partial charge in [-0.25, -0.2) is 0 Å². The molecule has 0 aliphatic rings. The van der Waals surface area contributed by atoms with E-state index in [4.69, 9.17) is 0 Å². The Morgan fingerprint density at radius 2 is 2.00 bits per heavy atom. The van der Waals surface area contributed by atoms with Crippen LogP contribution in [0.3, 0.4) is 0 Å². The minimum absolute atomic E-state index is 0.530. The van der Waals surface area contributed by atoms with Gasteiger partial charge in [-0.3, -0.25) is 0 Å². The van der Waals surface area contributed by atoms with Gasteiger partial charge in [0, 0.05) is 17.0 Å². The minimum Gasteiger partial charge on any atom is -0.386 e. The van der Waals surface area contributed by atoms with Crippen molar-refractivity contribution in [3.05, 3.63) is 60.2 Å². The van der Waals surface area contributed by atoms with Crippen molar-refractivity contribution in [3.8, 4) is 0 Å². The number of nitrogens with one attached hydrogen (secondary N) is 1. The highest BCUT2D eigenvalue weighted by atomic mass is 32.2. The molecule has 0 aliphatic carbocycles. The monoisotopic (exact) mass is 303 g/mol. The number of allylic oxidation sites excluding steroid dienone is 1. The highest BCUT2D eigenvalue weighted by Crippen LogP contribution is 2.23. The van der Waals surface area contributed by atoms with Crippen molar-refractivity contribution in [2.75, 3.05) is 0 Å². The summed E-state index contributed by atoms with van der Waals surface area (Å²) < 4.78 is 0. The summed E-state index contributed by atoms with van der Waals surface area (Å²) in [4.78, 5) is 0. The number of thioether (sulfide) groups is 1. The second-order valence-electron chi connectivity index (χ2n) is 5.59. The van der Waals surface area contributed by atoms with Crippen molar-refractivity contribution in [2.24, 2.45) is 0 Å². The molecule has 1 aromatic carbocycles. The van der Waals surface area contributed by atoms with Crippen molar-refractivity contribution in [1.29, 1.82) is 0 Å². The molecule has 0 fully saturated rings. The fourth-order valence-corrected chi connectivity index (χ4v) is 3.31. The van der Waals surface area contributed by atoms with Crippen LogP contribution in [0.25, 0.3) is 0 Å². The Morgan fingerprint density at radius 1 is 1.29 bits per heavy atom. The molecule has 0 bridgehead atoms. The number of rotatable bonds is 11. The molecule has 21 heavy (non-hydrogen) atoms. The summed E-state index contributed by atoms with van der Waals surface area (Å²) in [5.41, 5.74) is 2.56. The Bertz CT molecular complexity index is 413. The molecule has 0 aliphatic heterocycles. The van der Waals surface area contributed by atoms with Gasteiger partial charge in [0.15, 0.2) is 0 Å². The zero-order valence-corrected chi connectivity index (χ0v) is 14.3. The fourth-order valence-electron chi connectivity index (χ4n) is 2.49. The van der Waals surface area contributed by atoms with Crippen LogP contribution in [0.5, 0.6) is 0 Å². The molecule has 2 unspecified atom stereocenters. The van der Waals surface area contributed by atoms with Gasteiger partial charge in [-0.2, -0.15) is 0 Å². The minimum atomic E-state index is 0.530. The van der Waals surface area contributed by atoms with Gasteiger partial charge in [0.05, 0.1) is 0 Å². The van der Waals surface area contributed by atoms with Crippen LogP contribution in [-0.4, -0.2) is 11.3 Å². The lowest BCUT2D eigenvalue weighted by atomic mass is 10.1. The highest BCUT2D eigenvalue weighted by molar-refractivity contribution is 8.02. The first-order valence-electron chi connectivity index (χ1n) is 7.90. The van der Waals surface area contributed by atoms with Crippen molar-refractivity contribution in [1.82, 2.24) is 5.32 Å². The van der Waals surface area contributed by atoms with Crippen LogP contribution in [-0.2, 0) is 6.42 Å².